The summed E-state index contributed by atoms with van der Waals surface area (Å²) in [6.45, 7) is 1.96. The number of H-pyrrole nitrogens is 1. The van der Waals surface area contributed by atoms with Gasteiger partial charge in [-0.05, 0) is 43.3 Å². The number of methoxy groups -OCH3 is 1. The molecule has 0 unspecified atom stereocenters. The molecule has 2 aromatic carbocycles. The van der Waals surface area contributed by atoms with E-state index in [1.54, 1.807) is 19.2 Å². The Morgan fingerprint density at radius 1 is 1.12 bits per heavy atom. The lowest BCUT2D eigenvalue weighted by atomic mass is 10.1. The van der Waals surface area contributed by atoms with Crippen LogP contribution < -0.4 is 21.1 Å². The summed E-state index contributed by atoms with van der Waals surface area (Å²) in [6, 6.07) is 14.6. The smallest absolute Gasteiger partial charge is 0.255 e. The summed E-state index contributed by atoms with van der Waals surface area (Å²) >= 11 is 0. The average Bonchev–Trinajstić information content (AvgIpc) is 2.96. The lowest BCUT2D eigenvalue weighted by Gasteiger charge is -2.09. The minimum Gasteiger partial charge on any atom is -0.497 e. The van der Waals surface area contributed by atoms with E-state index in [0.29, 0.717) is 17.1 Å². The Kier molecular flexibility index (Phi) is 4.56. The van der Waals surface area contributed by atoms with Crippen molar-refractivity contribution < 1.29 is 9.53 Å². The summed E-state index contributed by atoms with van der Waals surface area (Å²) < 4.78 is 5.13. The molecule has 0 atom stereocenters. The zero-order valence-corrected chi connectivity index (χ0v) is 14.0. The van der Waals surface area contributed by atoms with Crippen LogP contribution in [0.1, 0.15) is 15.9 Å². The number of nitrogens with zero attached hydrogens (tertiary/aromatic N) is 1. The molecule has 7 heteroatoms. The number of anilines is 4. The van der Waals surface area contributed by atoms with Gasteiger partial charge in [0.15, 0.2) is 5.82 Å². The number of hydrogen-bond acceptors (Lipinski definition) is 5. The first-order chi connectivity index (χ1) is 12.1. The number of hydrogen-bond donors (Lipinski definition) is 4. The van der Waals surface area contributed by atoms with E-state index in [1.165, 1.54) is 0 Å². The van der Waals surface area contributed by atoms with E-state index in [-0.39, 0.29) is 11.7 Å². The van der Waals surface area contributed by atoms with Gasteiger partial charge in [0.25, 0.3) is 5.91 Å². The van der Waals surface area contributed by atoms with Crippen molar-refractivity contribution in [2.24, 2.45) is 0 Å². The van der Waals surface area contributed by atoms with Crippen molar-refractivity contribution in [1.82, 2.24) is 10.2 Å². The number of nitrogen functional groups attached to an aromatic ring is 1. The van der Waals surface area contributed by atoms with Crippen molar-refractivity contribution in [2.45, 2.75) is 6.92 Å². The van der Waals surface area contributed by atoms with Crippen LogP contribution in [-0.2, 0) is 0 Å². The third kappa shape index (κ3) is 3.72. The van der Waals surface area contributed by atoms with Crippen molar-refractivity contribution in [3.05, 3.63) is 59.7 Å². The van der Waals surface area contributed by atoms with Crippen molar-refractivity contribution in [3.63, 3.8) is 0 Å². The molecule has 0 aliphatic rings. The fourth-order valence-corrected chi connectivity index (χ4v) is 2.27. The van der Waals surface area contributed by atoms with Gasteiger partial charge in [0.2, 0.25) is 0 Å². The second kappa shape index (κ2) is 6.96. The van der Waals surface area contributed by atoms with Gasteiger partial charge in [0, 0.05) is 11.3 Å². The molecule has 1 heterocycles. The van der Waals surface area contributed by atoms with Crippen molar-refractivity contribution in [2.75, 3.05) is 23.5 Å². The normalized spacial score (nSPS) is 10.3. The molecule has 0 aliphatic heterocycles. The van der Waals surface area contributed by atoms with Gasteiger partial charge in [-0.1, -0.05) is 17.7 Å². The Hall–Kier alpha value is -3.48. The van der Waals surface area contributed by atoms with Crippen LogP contribution in [0.3, 0.4) is 0 Å². The highest BCUT2D eigenvalue weighted by molar-refractivity contribution is 6.07. The van der Waals surface area contributed by atoms with Crippen LogP contribution >= 0.6 is 0 Å². The van der Waals surface area contributed by atoms with Gasteiger partial charge >= 0.3 is 0 Å². The largest absolute Gasteiger partial charge is 0.497 e. The fourth-order valence-electron chi connectivity index (χ4n) is 2.27. The molecule has 1 amide bonds. The number of aromatic amines is 1. The maximum Gasteiger partial charge on any atom is 0.255 e. The third-order valence-electron chi connectivity index (χ3n) is 3.70. The molecule has 25 heavy (non-hydrogen) atoms. The Labute approximate surface area is 145 Å². The van der Waals surface area contributed by atoms with Gasteiger partial charge in [0.05, 0.1) is 7.11 Å². The highest BCUT2D eigenvalue weighted by Gasteiger charge is 2.15. The first-order valence-corrected chi connectivity index (χ1v) is 7.70. The van der Waals surface area contributed by atoms with E-state index in [9.17, 15) is 4.79 Å². The quantitative estimate of drug-likeness (QED) is 0.572. The summed E-state index contributed by atoms with van der Waals surface area (Å²) in [6.07, 6.45) is 0. The number of nitrogens with two attached hydrogens (primary N) is 1. The molecule has 3 rings (SSSR count). The van der Waals surface area contributed by atoms with E-state index < -0.39 is 0 Å². The molecular formula is C18H19N5O2. The van der Waals surface area contributed by atoms with Gasteiger partial charge < -0.3 is 21.1 Å². The lowest BCUT2D eigenvalue weighted by Crippen LogP contribution is -2.13. The zero-order chi connectivity index (χ0) is 17.8. The summed E-state index contributed by atoms with van der Waals surface area (Å²) in [5.41, 5.74) is 8.72. The molecule has 0 radical (unpaired) electrons. The van der Waals surface area contributed by atoms with Crippen molar-refractivity contribution >= 4 is 28.9 Å². The number of nitrogens with one attached hydrogen (secondary N) is 3. The molecule has 0 spiro atoms. The first-order valence-electron chi connectivity index (χ1n) is 7.70. The second-order valence-electron chi connectivity index (χ2n) is 5.53. The van der Waals surface area contributed by atoms with Gasteiger partial charge in [-0.3, -0.25) is 9.89 Å². The lowest BCUT2D eigenvalue weighted by molar-refractivity contribution is 0.102. The molecule has 1 aromatic heterocycles. The summed E-state index contributed by atoms with van der Waals surface area (Å²) in [7, 11) is 1.61. The number of carbonyl (C=O) groups excluding carboxylic acids is 1. The molecule has 0 fully saturated rings. The Balaban J connectivity index is 1.78. The predicted molar refractivity (Wildman–Crippen MR) is 98.4 cm³/mol. The number of amides is 1. The van der Waals surface area contributed by atoms with Crippen LogP contribution in [0, 0.1) is 6.92 Å². The Morgan fingerprint density at radius 2 is 1.80 bits per heavy atom. The van der Waals surface area contributed by atoms with Crippen LogP contribution in [0.4, 0.5) is 23.0 Å². The van der Waals surface area contributed by atoms with Crippen molar-refractivity contribution in [1.29, 1.82) is 0 Å². The second-order valence-corrected chi connectivity index (χ2v) is 5.53. The monoisotopic (exact) mass is 337 g/mol. The SMILES string of the molecule is COc1ccc(Nc2n[nH]c(N)c2NC(=O)c2ccc(C)cc2)cc1. The molecule has 0 saturated heterocycles. The molecule has 3 aromatic rings. The number of ether oxygens (including phenoxy) is 1. The Morgan fingerprint density at radius 3 is 2.44 bits per heavy atom. The Bertz CT molecular complexity index is 869. The van der Waals surface area contributed by atoms with Gasteiger partial charge in [0.1, 0.15) is 17.3 Å². The van der Waals surface area contributed by atoms with Crippen LogP contribution in [0.15, 0.2) is 48.5 Å². The van der Waals surface area contributed by atoms with E-state index in [2.05, 4.69) is 20.8 Å². The highest BCUT2D eigenvalue weighted by atomic mass is 16.5. The minimum absolute atomic E-state index is 0.258. The molecule has 0 saturated carbocycles. The summed E-state index contributed by atoms with van der Waals surface area (Å²) in [5.74, 6) is 1.20. The van der Waals surface area contributed by atoms with Gasteiger partial charge in [-0.25, -0.2) is 0 Å². The van der Waals surface area contributed by atoms with E-state index in [4.69, 9.17) is 10.5 Å². The standard InChI is InChI=1S/C18H19N5O2/c1-11-3-5-12(6-4-11)18(24)21-15-16(19)22-23-17(15)20-13-7-9-14(25-2)10-8-13/h3-10H,1-2H3,(H,21,24)(H4,19,20,22,23). The molecule has 0 aliphatic carbocycles. The number of rotatable bonds is 5. The summed E-state index contributed by atoms with van der Waals surface area (Å²) in [5, 5.41) is 12.7. The molecule has 5 N–H and O–H groups in total. The minimum atomic E-state index is -0.258. The molecule has 7 nitrogen and oxygen atoms in total. The maximum absolute atomic E-state index is 12.4. The maximum atomic E-state index is 12.4. The number of aryl methyl sites for hydroxylation is 1. The predicted octanol–water partition coefficient (Wildman–Crippen LogP) is 3.30. The first kappa shape index (κ1) is 16.4. The van der Waals surface area contributed by atoms with Crippen LogP contribution in [0.2, 0.25) is 0 Å². The number of benzene rings is 2. The van der Waals surface area contributed by atoms with E-state index >= 15 is 0 Å². The van der Waals surface area contributed by atoms with Crippen LogP contribution in [0.5, 0.6) is 5.75 Å². The topological polar surface area (TPSA) is 105 Å². The van der Waals surface area contributed by atoms with Crippen LogP contribution in [-0.4, -0.2) is 23.2 Å². The average molecular weight is 337 g/mol. The van der Waals surface area contributed by atoms with E-state index in [1.807, 2.05) is 43.3 Å². The van der Waals surface area contributed by atoms with Crippen molar-refractivity contribution in [3.8, 4) is 5.75 Å². The summed E-state index contributed by atoms with van der Waals surface area (Å²) in [4.78, 5) is 12.4. The van der Waals surface area contributed by atoms with Crippen LogP contribution in [0.25, 0.3) is 0 Å². The fraction of sp³-hybridized carbons (Fsp3) is 0.111. The number of aromatic nitrogens is 2. The van der Waals surface area contributed by atoms with Gasteiger partial charge in [-0.15, -0.1) is 0 Å². The molecule has 128 valence electrons. The third-order valence-corrected chi connectivity index (χ3v) is 3.70. The highest BCUT2D eigenvalue weighted by Crippen LogP contribution is 2.29. The molecule has 0 bridgehead atoms. The molecular weight excluding hydrogens is 318 g/mol. The number of carbonyl (C=O) groups is 1. The zero-order valence-electron chi connectivity index (χ0n) is 14.0. The van der Waals surface area contributed by atoms with Gasteiger partial charge in [-0.2, -0.15) is 5.10 Å². The van der Waals surface area contributed by atoms with E-state index in [0.717, 1.165) is 17.0 Å².